The zero-order valence-corrected chi connectivity index (χ0v) is 15.2. The van der Waals surface area contributed by atoms with Crippen molar-refractivity contribution in [3.63, 3.8) is 0 Å². The number of carbonyl (C=O) groups is 2. The van der Waals surface area contributed by atoms with Crippen molar-refractivity contribution in [3.05, 3.63) is 68.8 Å². The Morgan fingerprint density at radius 3 is 2.67 bits per heavy atom. The fraction of sp³-hybridized carbons (Fsp3) is 0.300. The number of nitro benzene ring substituents is 1. The number of fused-ring (bicyclic) bond motifs is 1. The molecule has 2 aromatic carbocycles. The number of nitro groups is 1. The number of carbonyl (C=O) groups excluding carboxylic acids is 2. The molecule has 7 heteroatoms. The summed E-state index contributed by atoms with van der Waals surface area (Å²) >= 11 is 0. The van der Waals surface area contributed by atoms with Gasteiger partial charge < -0.3 is 9.64 Å². The van der Waals surface area contributed by atoms with Gasteiger partial charge in [-0.05, 0) is 49.9 Å². The summed E-state index contributed by atoms with van der Waals surface area (Å²) in [4.78, 5) is 36.8. The zero-order chi connectivity index (χ0) is 19.6. The largest absolute Gasteiger partial charge is 0.452 e. The van der Waals surface area contributed by atoms with Crippen LogP contribution in [0.1, 0.15) is 33.5 Å². The SMILES string of the molecule is Cc1ccc(C(=O)OCC(=O)N2CCCc3cc([N+](=O)[O-])ccc32)c(C)c1. The number of non-ortho nitro benzene ring substituents is 1. The van der Waals surface area contributed by atoms with Crippen LogP contribution in [0.4, 0.5) is 11.4 Å². The van der Waals surface area contributed by atoms with E-state index in [2.05, 4.69) is 0 Å². The molecule has 0 saturated heterocycles. The Hall–Kier alpha value is -3.22. The molecule has 0 fully saturated rings. The Balaban J connectivity index is 1.70. The molecule has 0 aromatic heterocycles. The molecule has 1 heterocycles. The number of nitrogens with zero attached hydrogens (tertiary/aromatic N) is 2. The summed E-state index contributed by atoms with van der Waals surface area (Å²) in [6.45, 7) is 3.87. The standard InChI is InChI=1S/C20H20N2O5/c1-13-5-7-17(14(2)10-13)20(24)27-12-19(23)21-9-3-4-15-11-16(22(25)26)6-8-18(15)21/h5-8,10-11H,3-4,9,12H2,1-2H3. The third-order valence-corrected chi connectivity index (χ3v) is 4.62. The predicted octanol–water partition coefficient (Wildman–Crippen LogP) is 3.35. The molecule has 2 aromatic rings. The molecule has 7 nitrogen and oxygen atoms in total. The highest BCUT2D eigenvalue weighted by Gasteiger charge is 2.25. The molecule has 27 heavy (non-hydrogen) atoms. The molecule has 0 radical (unpaired) electrons. The van der Waals surface area contributed by atoms with Gasteiger partial charge in [-0.1, -0.05) is 17.7 Å². The lowest BCUT2D eigenvalue weighted by molar-refractivity contribution is -0.384. The van der Waals surface area contributed by atoms with Gasteiger partial charge in [-0.25, -0.2) is 4.79 Å². The maximum Gasteiger partial charge on any atom is 0.338 e. The summed E-state index contributed by atoms with van der Waals surface area (Å²) in [6.07, 6.45) is 1.37. The van der Waals surface area contributed by atoms with Gasteiger partial charge in [-0.3, -0.25) is 14.9 Å². The summed E-state index contributed by atoms with van der Waals surface area (Å²) < 4.78 is 5.20. The van der Waals surface area contributed by atoms with Crippen molar-refractivity contribution in [2.45, 2.75) is 26.7 Å². The number of anilines is 1. The van der Waals surface area contributed by atoms with Crippen molar-refractivity contribution in [2.75, 3.05) is 18.1 Å². The minimum atomic E-state index is -0.540. The molecular weight excluding hydrogens is 348 g/mol. The summed E-state index contributed by atoms with van der Waals surface area (Å²) in [5.74, 6) is -0.885. The van der Waals surface area contributed by atoms with E-state index in [1.807, 2.05) is 26.0 Å². The van der Waals surface area contributed by atoms with Crippen LogP contribution in [0, 0.1) is 24.0 Å². The van der Waals surface area contributed by atoms with Crippen molar-refractivity contribution < 1.29 is 19.2 Å². The summed E-state index contributed by atoms with van der Waals surface area (Å²) in [5, 5.41) is 10.9. The van der Waals surface area contributed by atoms with Crippen LogP contribution in [-0.2, 0) is 16.0 Å². The van der Waals surface area contributed by atoms with Crippen LogP contribution < -0.4 is 4.90 Å². The second-order valence-corrected chi connectivity index (χ2v) is 6.61. The first-order chi connectivity index (χ1) is 12.9. The van der Waals surface area contributed by atoms with Crippen molar-refractivity contribution in [2.24, 2.45) is 0 Å². The average molecular weight is 368 g/mol. The molecule has 0 unspecified atom stereocenters. The molecular formula is C20H20N2O5. The van der Waals surface area contributed by atoms with E-state index in [1.165, 1.54) is 17.0 Å². The molecule has 3 rings (SSSR count). The minimum Gasteiger partial charge on any atom is -0.452 e. The van der Waals surface area contributed by atoms with E-state index in [9.17, 15) is 19.7 Å². The van der Waals surface area contributed by atoms with E-state index in [0.717, 1.165) is 16.7 Å². The number of aryl methyl sites for hydroxylation is 3. The lowest BCUT2D eigenvalue weighted by atomic mass is 10.0. The van der Waals surface area contributed by atoms with E-state index in [-0.39, 0.29) is 18.2 Å². The first-order valence-corrected chi connectivity index (χ1v) is 8.69. The number of benzene rings is 2. The molecule has 0 N–H and O–H groups in total. The average Bonchev–Trinajstić information content (AvgIpc) is 2.64. The zero-order valence-electron chi connectivity index (χ0n) is 15.2. The Kier molecular flexibility index (Phi) is 5.21. The van der Waals surface area contributed by atoms with Crippen LogP contribution in [0.15, 0.2) is 36.4 Å². The second-order valence-electron chi connectivity index (χ2n) is 6.61. The van der Waals surface area contributed by atoms with E-state index in [0.29, 0.717) is 30.6 Å². The monoisotopic (exact) mass is 368 g/mol. The van der Waals surface area contributed by atoms with Gasteiger partial charge in [0.25, 0.3) is 11.6 Å². The number of hydrogen-bond donors (Lipinski definition) is 0. The van der Waals surface area contributed by atoms with Crippen LogP contribution >= 0.6 is 0 Å². The fourth-order valence-electron chi connectivity index (χ4n) is 3.28. The number of amides is 1. The van der Waals surface area contributed by atoms with Gasteiger partial charge in [0.15, 0.2) is 6.61 Å². The second kappa shape index (κ2) is 7.57. The highest BCUT2D eigenvalue weighted by molar-refractivity contribution is 5.98. The number of hydrogen-bond acceptors (Lipinski definition) is 5. The molecule has 1 aliphatic heterocycles. The maximum atomic E-state index is 12.6. The lowest BCUT2D eigenvalue weighted by Crippen LogP contribution is -2.38. The van der Waals surface area contributed by atoms with Gasteiger partial charge in [0.05, 0.1) is 10.5 Å². The number of esters is 1. The Labute approximate surface area is 156 Å². The Morgan fingerprint density at radius 1 is 1.19 bits per heavy atom. The van der Waals surface area contributed by atoms with Gasteiger partial charge in [-0.15, -0.1) is 0 Å². The minimum absolute atomic E-state index is 0.00400. The summed E-state index contributed by atoms with van der Waals surface area (Å²) in [6, 6.07) is 9.84. The van der Waals surface area contributed by atoms with E-state index >= 15 is 0 Å². The molecule has 0 atom stereocenters. The number of ether oxygens (including phenoxy) is 1. The molecule has 0 bridgehead atoms. The van der Waals surface area contributed by atoms with Gasteiger partial charge in [-0.2, -0.15) is 0 Å². The Morgan fingerprint density at radius 2 is 1.96 bits per heavy atom. The van der Waals surface area contributed by atoms with E-state index < -0.39 is 10.9 Å². The van der Waals surface area contributed by atoms with E-state index in [4.69, 9.17) is 4.74 Å². The normalized spacial score (nSPS) is 13.0. The molecule has 0 saturated carbocycles. The summed E-state index contributed by atoms with van der Waals surface area (Å²) in [7, 11) is 0. The van der Waals surface area contributed by atoms with Crippen molar-refractivity contribution in [1.29, 1.82) is 0 Å². The van der Waals surface area contributed by atoms with Crippen LogP contribution in [-0.4, -0.2) is 30.0 Å². The van der Waals surface area contributed by atoms with Crippen LogP contribution in [0.25, 0.3) is 0 Å². The topological polar surface area (TPSA) is 89.8 Å². The van der Waals surface area contributed by atoms with E-state index in [1.54, 1.807) is 12.1 Å². The maximum absolute atomic E-state index is 12.6. The molecule has 0 aliphatic carbocycles. The number of rotatable bonds is 4. The lowest BCUT2D eigenvalue weighted by Gasteiger charge is -2.29. The molecule has 1 amide bonds. The first kappa shape index (κ1) is 18.6. The highest BCUT2D eigenvalue weighted by Crippen LogP contribution is 2.30. The van der Waals surface area contributed by atoms with Crippen molar-refractivity contribution >= 4 is 23.3 Å². The highest BCUT2D eigenvalue weighted by atomic mass is 16.6. The van der Waals surface area contributed by atoms with Gasteiger partial charge >= 0.3 is 5.97 Å². The molecule has 140 valence electrons. The van der Waals surface area contributed by atoms with Gasteiger partial charge in [0.1, 0.15) is 0 Å². The predicted molar refractivity (Wildman–Crippen MR) is 100.0 cm³/mol. The van der Waals surface area contributed by atoms with Crippen LogP contribution in [0.2, 0.25) is 0 Å². The van der Waals surface area contributed by atoms with Crippen molar-refractivity contribution in [1.82, 2.24) is 0 Å². The molecule has 0 spiro atoms. The quantitative estimate of drug-likeness (QED) is 0.469. The Bertz CT molecular complexity index is 923. The van der Waals surface area contributed by atoms with Gasteiger partial charge in [0, 0.05) is 24.4 Å². The van der Waals surface area contributed by atoms with Crippen LogP contribution in [0.3, 0.4) is 0 Å². The fourth-order valence-corrected chi connectivity index (χ4v) is 3.28. The van der Waals surface area contributed by atoms with Crippen LogP contribution in [0.5, 0.6) is 0 Å². The third-order valence-electron chi connectivity index (χ3n) is 4.62. The van der Waals surface area contributed by atoms with Gasteiger partial charge in [0.2, 0.25) is 0 Å². The van der Waals surface area contributed by atoms with Crippen molar-refractivity contribution in [3.8, 4) is 0 Å². The smallest absolute Gasteiger partial charge is 0.338 e. The molecule has 1 aliphatic rings. The summed E-state index contributed by atoms with van der Waals surface area (Å²) in [5.41, 5.74) is 3.67. The first-order valence-electron chi connectivity index (χ1n) is 8.69. The third kappa shape index (κ3) is 3.97.